The van der Waals surface area contributed by atoms with Crippen molar-refractivity contribution < 1.29 is 9.59 Å². The maximum Gasteiger partial charge on any atom is 0.180 e. The van der Waals surface area contributed by atoms with Crippen molar-refractivity contribution >= 4 is 11.6 Å². The van der Waals surface area contributed by atoms with Crippen LogP contribution in [0.3, 0.4) is 0 Å². The largest absolute Gasteiger partial charge is 0.296 e. The van der Waals surface area contributed by atoms with E-state index in [9.17, 15) is 9.59 Å². The van der Waals surface area contributed by atoms with Crippen molar-refractivity contribution in [3.05, 3.63) is 0 Å². The SMILES string of the molecule is CCC1(C)C(=O)C(C#N)(C(C)(C)C)C1=O. The first kappa shape index (κ1) is 11.9. The van der Waals surface area contributed by atoms with E-state index in [4.69, 9.17) is 5.26 Å². The molecule has 0 aromatic rings. The lowest BCUT2D eigenvalue weighted by Gasteiger charge is -2.52. The van der Waals surface area contributed by atoms with Gasteiger partial charge < -0.3 is 0 Å². The number of hydrogen-bond donors (Lipinski definition) is 0. The fraction of sp³-hybridized carbons (Fsp3) is 0.750. The summed E-state index contributed by atoms with van der Waals surface area (Å²) >= 11 is 0. The minimum absolute atomic E-state index is 0.211. The first-order valence-electron chi connectivity index (χ1n) is 5.19. The van der Waals surface area contributed by atoms with Crippen LogP contribution in [0.1, 0.15) is 41.0 Å². The summed E-state index contributed by atoms with van der Waals surface area (Å²) < 4.78 is 0. The Morgan fingerprint density at radius 1 is 1.27 bits per heavy atom. The number of nitrogens with zero attached hydrogens (tertiary/aromatic N) is 1. The predicted molar refractivity (Wildman–Crippen MR) is 55.9 cm³/mol. The monoisotopic (exact) mass is 207 g/mol. The lowest BCUT2D eigenvalue weighted by atomic mass is 9.43. The molecule has 15 heavy (non-hydrogen) atoms. The van der Waals surface area contributed by atoms with E-state index in [1.54, 1.807) is 34.6 Å². The zero-order valence-corrected chi connectivity index (χ0v) is 9.97. The molecule has 0 N–H and O–H groups in total. The maximum atomic E-state index is 12.1. The van der Waals surface area contributed by atoms with Gasteiger partial charge in [-0.25, -0.2) is 0 Å². The van der Waals surface area contributed by atoms with Gasteiger partial charge in [0, 0.05) is 0 Å². The number of Topliss-reactive ketones (excluding diaryl/α,β-unsaturated/α-hetero) is 2. The molecular formula is C12H17NO2. The first-order valence-corrected chi connectivity index (χ1v) is 5.19. The summed E-state index contributed by atoms with van der Waals surface area (Å²) in [4.78, 5) is 24.2. The van der Waals surface area contributed by atoms with Crippen LogP contribution in [-0.4, -0.2) is 11.6 Å². The summed E-state index contributed by atoms with van der Waals surface area (Å²) in [7, 11) is 0. The molecule has 0 amide bonds. The fourth-order valence-corrected chi connectivity index (χ4v) is 2.24. The van der Waals surface area contributed by atoms with Crippen molar-refractivity contribution in [3.8, 4) is 6.07 Å². The van der Waals surface area contributed by atoms with E-state index < -0.39 is 16.2 Å². The van der Waals surface area contributed by atoms with Gasteiger partial charge in [0.25, 0.3) is 0 Å². The van der Waals surface area contributed by atoms with Gasteiger partial charge in [-0.3, -0.25) is 9.59 Å². The number of ketones is 2. The summed E-state index contributed by atoms with van der Waals surface area (Å²) in [5.74, 6) is -0.421. The molecule has 0 aromatic carbocycles. The molecule has 0 aromatic heterocycles. The standard InChI is InChI=1S/C12H17NO2/c1-6-11(5)8(14)12(7-13,9(11)15)10(2,3)4/h6H2,1-5H3. The second-order valence-electron chi connectivity index (χ2n) is 5.46. The van der Waals surface area contributed by atoms with Crippen molar-refractivity contribution in [2.75, 3.05) is 0 Å². The molecule has 1 saturated carbocycles. The highest BCUT2D eigenvalue weighted by Gasteiger charge is 2.73. The Balaban J connectivity index is 3.29. The molecule has 82 valence electrons. The van der Waals surface area contributed by atoms with Crippen molar-refractivity contribution in [2.24, 2.45) is 16.2 Å². The Morgan fingerprint density at radius 2 is 1.67 bits per heavy atom. The van der Waals surface area contributed by atoms with Crippen LogP contribution in [0.5, 0.6) is 0 Å². The molecule has 0 aliphatic heterocycles. The van der Waals surface area contributed by atoms with Crippen LogP contribution in [0.15, 0.2) is 0 Å². The maximum absolute atomic E-state index is 12.1. The Kier molecular flexibility index (Phi) is 2.31. The van der Waals surface area contributed by atoms with Gasteiger partial charge in [-0.1, -0.05) is 27.7 Å². The number of nitriles is 1. The average Bonchev–Trinajstić information content (AvgIpc) is 2.16. The van der Waals surface area contributed by atoms with Crippen LogP contribution in [0.2, 0.25) is 0 Å². The number of rotatable bonds is 1. The van der Waals surface area contributed by atoms with Crippen molar-refractivity contribution in [1.82, 2.24) is 0 Å². The van der Waals surface area contributed by atoms with Crippen LogP contribution < -0.4 is 0 Å². The lowest BCUT2D eigenvalue weighted by molar-refractivity contribution is -0.173. The minimum atomic E-state index is -1.42. The second kappa shape index (κ2) is 2.91. The van der Waals surface area contributed by atoms with Crippen LogP contribution in [-0.2, 0) is 9.59 Å². The molecule has 1 aliphatic rings. The second-order valence-corrected chi connectivity index (χ2v) is 5.46. The van der Waals surface area contributed by atoms with Gasteiger partial charge in [-0.2, -0.15) is 5.26 Å². The highest BCUT2D eigenvalue weighted by molar-refractivity contribution is 6.32. The van der Waals surface area contributed by atoms with E-state index in [-0.39, 0.29) is 11.6 Å². The van der Waals surface area contributed by atoms with E-state index in [0.717, 1.165) is 0 Å². The summed E-state index contributed by atoms with van der Waals surface area (Å²) in [6.07, 6.45) is 0.476. The van der Waals surface area contributed by atoms with Gasteiger partial charge in [0.15, 0.2) is 17.0 Å². The molecule has 1 aliphatic carbocycles. The molecule has 0 radical (unpaired) electrons. The van der Waals surface area contributed by atoms with Gasteiger partial charge in [0.1, 0.15) is 0 Å². The van der Waals surface area contributed by atoms with E-state index in [0.29, 0.717) is 6.42 Å². The fourth-order valence-electron chi connectivity index (χ4n) is 2.24. The third kappa shape index (κ3) is 1.05. The molecule has 0 spiro atoms. The zero-order chi connectivity index (χ0) is 12.1. The van der Waals surface area contributed by atoms with Crippen molar-refractivity contribution in [3.63, 3.8) is 0 Å². The number of carbonyl (C=O) groups is 2. The topological polar surface area (TPSA) is 57.9 Å². The van der Waals surface area contributed by atoms with E-state index in [2.05, 4.69) is 0 Å². The highest BCUT2D eigenvalue weighted by atomic mass is 16.2. The van der Waals surface area contributed by atoms with Gasteiger partial charge in [-0.05, 0) is 18.8 Å². The number of hydrogen-bond acceptors (Lipinski definition) is 3. The van der Waals surface area contributed by atoms with Gasteiger partial charge in [0.05, 0.1) is 11.5 Å². The lowest BCUT2D eigenvalue weighted by Crippen LogP contribution is -2.69. The minimum Gasteiger partial charge on any atom is -0.296 e. The Bertz CT molecular complexity index is 352. The van der Waals surface area contributed by atoms with Gasteiger partial charge in [0.2, 0.25) is 0 Å². The van der Waals surface area contributed by atoms with Crippen LogP contribution >= 0.6 is 0 Å². The smallest absolute Gasteiger partial charge is 0.180 e. The Hall–Kier alpha value is -1.17. The van der Waals surface area contributed by atoms with Crippen LogP contribution in [0, 0.1) is 27.6 Å². The van der Waals surface area contributed by atoms with Gasteiger partial charge >= 0.3 is 0 Å². The predicted octanol–water partition coefficient (Wildman–Crippen LogP) is 2.11. The summed E-state index contributed by atoms with van der Waals surface area (Å²) in [6, 6.07) is 1.94. The number of carbonyl (C=O) groups excluding carboxylic acids is 2. The molecule has 3 nitrogen and oxygen atoms in total. The van der Waals surface area contributed by atoms with E-state index in [1.165, 1.54) is 0 Å². The third-order valence-corrected chi connectivity index (χ3v) is 3.68. The summed E-state index contributed by atoms with van der Waals surface area (Å²) in [6.45, 7) is 8.74. The van der Waals surface area contributed by atoms with E-state index >= 15 is 0 Å². The van der Waals surface area contributed by atoms with Gasteiger partial charge in [-0.15, -0.1) is 0 Å². The van der Waals surface area contributed by atoms with Crippen molar-refractivity contribution in [1.29, 1.82) is 5.26 Å². The summed E-state index contributed by atoms with van der Waals surface area (Å²) in [5.41, 5.74) is -2.97. The Morgan fingerprint density at radius 3 is 1.87 bits per heavy atom. The first-order chi connectivity index (χ1) is 6.68. The molecule has 0 bridgehead atoms. The molecular weight excluding hydrogens is 190 g/mol. The highest BCUT2D eigenvalue weighted by Crippen LogP contribution is 2.57. The molecule has 0 atom stereocenters. The van der Waals surface area contributed by atoms with Crippen molar-refractivity contribution in [2.45, 2.75) is 41.0 Å². The van der Waals surface area contributed by atoms with Crippen LogP contribution in [0.4, 0.5) is 0 Å². The molecule has 0 unspecified atom stereocenters. The molecule has 0 heterocycles. The molecule has 0 saturated heterocycles. The summed E-state index contributed by atoms with van der Waals surface area (Å²) in [5, 5.41) is 9.15. The molecule has 1 fully saturated rings. The third-order valence-electron chi connectivity index (χ3n) is 3.68. The normalized spacial score (nSPS) is 36.0. The molecule has 3 heteroatoms. The molecule has 1 rings (SSSR count). The average molecular weight is 207 g/mol. The zero-order valence-electron chi connectivity index (χ0n) is 9.97. The quantitative estimate of drug-likeness (QED) is 0.619. The van der Waals surface area contributed by atoms with Crippen LogP contribution in [0.25, 0.3) is 0 Å². The Labute approximate surface area is 90.5 Å². The van der Waals surface area contributed by atoms with E-state index in [1.807, 2.05) is 6.07 Å².